The van der Waals surface area contributed by atoms with Gasteiger partial charge in [0.2, 0.25) is 0 Å². The van der Waals surface area contributed by atoms with Crippen molar-refractivity contribution in [3.8, 4) is 0 Å². The average Bonchev–Trinajstić information content (AvgIpc) is 3.25. The number of sulfone groups is 1. The molecule has 1 aromatic carbocycles. The molecule has 2 aromatic heterocycles. The van der Waals surface area contributed by atoms with Crippen LogP contribution in [0.3, 0.4) is 0 Å². The number of nitrogens with zero attached hydrogens (tertiary/aromatic N) is 2. The minimum absolute atomic E-state index is 0.0293. The van der Waals surface area contributed by atoms with Crippen LogP contribution >= 0.6 is 34.5 Å². The van der Waals surface area contributed by atoms with E-state index in [1.165, 1.54) is 11.3 Å². The topological polar surface area (TPSA) is 81.1 Å². The van der Waals surface area contributed by atoms with Crippen LogP contribution in [0.4, 0.5) is 0 Å². The summed E-state index contributed by atoms with van der Waals surface area (Å²) >= 11 is 13.6. The van der Waals surface area contributed by atoms with Crippen LogP contribution in [0, 0.1) is 6.92 Å². The van der Waals surface area contributed by atoms with Gasteiger partial charge in [-0.15, -0.1) is 11.3 Å². The Bertz CT molecular complexity index is 1230. The van der Waals surface area contributed by atoms with Crippen molar-refractivity contribution in [3.05, 3.63) is 50.4 Å². The number of carbonyl (C=O) groups excluding carboxylic acids is 1. The smallest absolute Gasteiger partial charge is 0.261 e. The molecule has 1 amide bonds. The summed E-state index contributed by atoms with van der Waals surface area (Å²) in [5.74, 6) is -0.189. The monoisotopic (exact) mass is 471 g/mol. The molecule has 1 aliphatic heterocycles. The van der Waals surface area contributed by atoms with Gasteiger partial charge in [0.25, 0.3) is 5.91 Å². The molecule has 154 valence electrons. The van der Waals surface area contributed by atoms with Gasteiger partial charge in [-0.05, 0) is 44.0 Å². The standard InChI is InChI=1S/C19H19Cl2N3O3S2/c1-11-14-8-16(17(25)22-19(2)5-6-29(26,27)10-19)28-18(14)24(23-11)9-12-3-4-13(20)7-15(12)21/h3-4,7-8H,5-6,9-10H2,1-2H3,(H,22,25). The quantitative estimate of drug-likeness (QED) is 0.621. The summed E-state index contributed by atoms with van der Waals surface area (Å²) < 4.78 is 25.4. The molecule has 1 atom stereocenters. The summed E-state index contributed by atoms with van der Waals surface area (Å²) in [7, 11) is -3.10. The molecule has 0 bridgehead atoms. The number of amides is 1. The predicted octanol–water partition coefficient (Wildman–Crippen LogP) is 4.07. The molecule has 0 saturated carbocycles. The number of fused-ring (bicyclic) bond motifs is 1. The van der Waals surface area contributed by atoms with Crippen LogP contribution in [0.1, 0.15) is 34.3 Å². The Balaban J connectivity index is 1.61. The van der Waals surface area contributed by atoms with E-state index in [0.717, 1.165) is 21.5 Å². The highest BCUT2D eigenvalue weighted by atomic mass is 35.5. The number of halogens is 2. The van der Waals surface area contributed by atoms with E-state index in [1.807, 2.05) is 23.7 Å². The highest BCUT2D eigenvalue weighted by molar-refractivity contribution is 7.91. The van der Waals surface area contributed by atoms with Crippen LogP contribution in [0.5, 0.6) is 0 Å². The summed E-state index contributed by atoms with van der Waals surface area (Å²) in [5, 5.41) is 9.50. The highest BCUT2D eigenvalue weighted by Crippen LogP contribution is 2.31. The summed E-state index contributed by atoms with van der Waals surface area (Å²) in [6, 6.07) is 7.14. The molecule has 0 aliphatic carbocycles. The van der Waals surface area contributed by atoms with Crippen LogP contribution in [0.15, 0.2) is 24.3 Å². The van der Waals surface area contributed by atoms with E-state index in [4.69, 9.17) is 23.2 Å². The molecule has 1 aliphatic rings. The number of hydrogen-bond donors (Lipinski definition) is 1. The van der Waals surface area contributed by atoms with Gasteiger partial charge in [-0.25, -0.2) is 8.42 Å². The zero-order chi connectivity index (χ0) is 21.0. The number of benzene rings is 1. The molecule has 0 spiro atoms. The Morgan fingerprint density at radius 3 is 2.76 bits per heavy atom. The van der Waals surface area contributed by atoms with Crippen molar-refractivity contribution in [2.24, 2.45) is 0 Å². The van der Waals surface area contributed by atoms with Gasteiger partial charge in [-0.1, -0.05) is 29.3 Å². The van der Waals surface area contributed by atoms with E-state index in [9.17, 15) is 13.2 Å². The molecule has 0 radical (unpaired) electrons. The minimum Gasteiger partial charge on any atom is -0.345 e. The number of aromatic nitrogens is 2. The van der Waals surface area contributed by atoms with Crippen LogP contribution in [0.2, 0.25) is 10.0 Å². The Morgan fingerprint density at radius 2 is 2.10 bits per heavy atom. The van der Waals surface area contributed by atoms with Gasteiger partial charge in [0.1, 0.15) is 4.83 Å². The van der Waals surface area contributed by atoms with Crippen molar-refractivity contribution in [3.63, 3.8) is 0 Å². The van der Waals surface area contributed by atoms with Crippen molar-refractivity contribution in [1.82, 2.24) is 15.1 Å². The van der Waals surface area contributed by atoms with E-state index in [0.29, 0.717) is 27.9 Å². The predicted molar refractivity (Wildman–Crippen MR) is 117 cm³/mol. The molecule has 6 nitrogen and oxygen atoms in total. The first-order chi connectivity index (χ1) is 13.6. The van der Waals surface area contributed by atoms with E-state index in [1.54, 1.807) is 19.1 Å². The molecule has 1 N–H and O–H groups in total. The lowest BCUT2D eigenvalue weighted by molar-refractivity contribution is 0.0919. The fourth-order valence-electron chi connectivity index (χ4n) is 3.59. The third kappa shape index (κ3) is 4.17. The molecule has 10 heteroatoms. The molecular weight excluding hydrogens is 453 g/mol. The third-order valence-corrected chi connectivity index (χ3v) is 8.72. The van der Waals surface area contributed by atoms with Gasteiger partial charge >= 0.3 is 0 Å². The van der Waals surface area contributed by atoms with Gasteiger partial charge < -0.3 is 5.32 Å². The Morgan fingerprint density at radius 1 is 1.34 bits per heavy atom. The normalized spacial score (nSPS) is 21.0. The van der Waals surface area contributed by atoms with E-state index >= 15 is 0 Å². The zero-order valence-corrected chi connectivity index (χ0v) is 19.0. The van der Waals surface area contributed by atoms with Crippen molar-refractivity contribution in [2.75, 3.05) is 11.5 Å². The third-order valence-electron chi connectivity index (χ3n) is 5.09. The zero-order valence-electron chi connectivity index (χ0n) is 15.8. The molecule has 1 saturated heterocycles. The molecule has 1 fully saturated rings. The van der Waals surface area contributed by atoms with Gasteiger partial charge in [-0.2, -0.15) is 5.10 Å². The maximum atomic E-state index is 12.8. The maximum absolute atomic E-state index is 12.8. The largest absolute Gasteiger partial charge is 0.345 e. The van der Waals surface area contributed by atoms with Crippen molar-refractivity contribution in [1.29, 1.82) is 0 Å². The second kappa shape index (κ2) is 7.27. The number of thiophene rings is 1. The molecule has 1 unspecified atom stereocenters. The number of nitrogens with one attached hydrogen (secondary N) is 1. The Kier molecular flexibility index (Phi) is 5.17. The van der Waals surface area contributed by atoms with Crippen LogP contribution in [-0.2, 0) is 16.4 Å². The van der Waals surface area contributed by atoms with E-state index < -0.39 is 15.4 Å². The molecule has 29 heavy (non-hydrogen) atoms. The van der Waals surface area contributed by atoms with Crippen LogP contribution in [0.25, 0.3) is 10.2 Å². The summed E-state index contributed by atoms with van der Waals surface area (Å²) in [5.41, 5.74) is 0.961. The second-order valence-corrected chi connectivity index (χ2v) is 11.7. The van der Waals surface area contributed by atoms with Crippen molar-refractivity contribution in [2.45, 2.75) is 32.4 Å². The van der Waals surface area contributed by atoms with E-state index in [-0.39, 0.29) is 17.4 Å². The summed E-state index contributed by atoms with van der Waals surface area (Å²) in [6.45, 7) is 4.12. The first-order valence-corrected chi connectivity index (χ1v) is 12.4. The summed E-state index contributed by atoms with van der Waals surface area (Å²) in [6.07, 6.45) is 0.424. The Hall–Kier alpha value is -1.61. The van der Waals surface area contributed by atoms with Gasteiger partial charge in [0, 0.05) is 15.4 Å². The fraction of sp³-hybridized carbons (Fsp3) is 0.368. The Labute approximate surface area is 182 Å². The lowest BCUT2D eigenvalue weighted by Gasteiger charge is -2.23. The molecule has 3 heterocycles. The minimum atomic E-state index is -3.10. The van der Waals surface area contributed by atoms with Crippen molar-refractivity contribution >= 4 is 60.5 Å². The van der Waals surface area contributed by atoms with Crippen LogP contribution < -0.4 is 5.32 Å². The molecule has 3 aromatic rings. The first-order valence-electron chi connectivity index (χ1n) is 8.99. The number of carbonyl (C=O) groups is 1. The van der Waals surface area contributed by atoms with Crippen LogP contribution in [-0.4, -0.2) is 41.2 Å². The van der Waals surface area contributed by atoms with Gasteiger partial charge in [0.15, 0.2) is 9.84 Å². The van der Waals surface area contributed by atoms with Gasteiger partial charge in [0.05, 0.1) is 34.2 Å². The SMILES string of the molecule is Cc1nn(Cc2ccc(Cl)cc2Cl)c2sc(C(=O)NC3(C)CCS(=O)(=O)C3)cc12. The second-order valence-electron chi connectivity index (χ2n) is 7.67. The van der Waals surface area contributed by atoms with Crippen molar-refractivity contribution < 1.29 is 13.2 Å². The fourth-order valence-corrected chi connectivity index (χ4v) is 7.21. The van der Waals surface area contributed by atoms with E-state index in [2.05, 4.69) is 10.4 Å². The van der Waals surface area contributed by atoms with Gasteiger partial charge in [-0.3, -0.25) is 9.48 Å². The number of aryl methyl sites for hydroxylation is 1. The molecular formula is C19H19Cl2N3O3S2. The first kappa shape index (κ1) is 20.7. The average molecular weight is 472 g/mol. The number of rotatable bonds is 4. The molecule has 4 rings (SSSR count). The lowest BCUT2D eigenvalue weighted by atomic mass is 10.0. The number of hydrogen-bond acceptors (Lipinski definition) is 5. The lowest BCUT2D eigenvalue weighted by Crippen LogP contribution is -2.46. The maximum Gasteiger partial charge on any atom is 0.261 e. The summed E-state index contributed by atoms with van der Waals surface area (Å²) in [4.78, 5) is 14.2. The highest BCUT2D eigenvalue weighted by Gasteiger charge is 2.39.